The first-order chi connectivity index (χ1) is 9.19. The van der Waals surface area contributed by atoms with Crippen LogP contribution in [-0.2, 0) is 0 Å². The van der Waals surface area contributed by atoms with Crippen molar-refractivity contribution in [2.24, 2.45) is 5.92 Å². The molecule has 2 rings (SSSR count). The molecule has 102 valence electrons. The Morgan fingerprint density at radius 2 is 2.42 bits per heavy atom. The Kier molecular flexibility index (Phi) is 4.69. The molecule has 0 amide bonds. The summed E-state index contributed by atoms with van der Waals surface area (Å²) < 4.78 is 0. The second-order valence-corrected chi connectivity index (χ2v) is 5.37. The molecule has 0 bridgehead atoms. The van der Waals surface area contributed by atoms with Gasteiger partial charge >= 0.3 is 0 Å². The van der Waals surface area contributed by atoms with Crippen molar-refractivity contribution in [1.82, 2.24) is 15.3 Å². The SMILES string of the molecule is CC(C)NCC1CCCN(c2nccc(C#N)n2)C1. The Morgan fingerprint density at radius 1 is 1.58 bits per heavy atom. The van der Waals surface area contributed by atoms with Crippen LogP contribution < -0.4 is 10.2 Å². The third kappa shape index (κ3) is 3.90. The van der Waals surface area contributed by atoms with Crippen molar-refractivity contribution in [3.63, 3.8) is 0 Å². The van der Waals surface area contributed by atoms with E-state index >= 15 is 0 Å². The van der Waals surface area contributed by atoms with E-state index in [1.165, 1.54) is 6.42 Å². The first kappa shape index (κ1) is 13.8. The molecule has 0 radical (unpaired) electrons. The lowest BCUT2D eigenvalue weighted by molar-refractivity contribution is 0.376. The third-order valence-electron chi connectivity index (χ3n) is 3.37. The topological polar surface area (TPSA) is 64.8 Å². The second kappa shape index (κ2) is 6.48. The number of anilines is 1. The second-order valence-electron chi connectivity index (χ2n) is 5.37. The van der Waals surface area contributed by atoms with E-state index in [4.69, 9.17) is 5.26 Å². The van der Waals surface area contributed by atoms with E-state index in [0.717, 1.165) is 26.1 Å². The van der Waals surface area contributed by atoms with Crippen LogP contribution in [0.3, 0.4) is 0 Å². The molecular formula is C14H21N5. The van der Waals surface area contributed by atoms with Crippen molar-refractivity contribution < 1.29 is 0 Å². The number of rotatable bonds is 4. The van der Waals surface area contributed by atoms with Crippen molar-refractivity contribution in [2.75, 3.05) is 24.5 Å². The van der Waals surface area contributed by atoms with Gasteiger partial charge in [-0.1, -0.05) is 13.8 Å². The zero-order valence-electron chi connectivity index (χ0n) is 11.6. The Bertz CT molecular complexity index is 451. The Hall–Kier alpha value is -1.67. The van der Waals surface area contributed by atoms with Gasteiger partial charge in [-0.05, 0) is 31.4 Å². The Balaban J connectivity index is 1.98. The van der Waals surface area contributed by atoms with Crippen molar-refractivity contribution in [2.45, 2.75) is 32.7 Å². The van der Waals surface area contributed by atoms with Crippen LogP contribution in [0.25, 0.3) is 0 Å². The highest BCUT2D eigenvalue weighted by atomic mass is 15.3. The first-order valence-electron chi connectivity index (χ1n) is 6.90. The molecule has 19 heavy (non-hydrogen) atoms. The zero-order valence-corrected chi connectivity index (χ0v) is 11.6. The predicted octanol–water partition coefficient (Wildman–Crippen LogP) is 1.56. The maximum absolute atomic E-state index is 8.89. The summed E-state index contributed by atoms with van der Waals surface area (Å²) >= 11 is 0. The largest absolute Gasteiger partial charge is 0.340 e. The lowest BCUT2D eigenvalue weighted by atomic mass is 9.98. The summed E-state index contributed by atoms with van der Waals surface area (Å²) in [6.45, 7) is 7.31. The minimum atomic E-state index is 0.437. The summed E-state index contributed by atoms with van der Waals surface area (Å²) in [4.78, 5) is 10.8. The molecule has 1 aliphatic heterocycles. The molecule has 1 aliphatic rings. The van der Waals surface area contributed by atoms with Gasteiger partial charge in [0, 0.05) is 25.3 Å². The summed E-state index contributed by atoms with van der Waals surface area (Å²) in [5, 5.41) is 12.4. The zero-order chi connectivity index (χ0) is 13.7. The third-order valence-corrected chi connectivity index (χ3v) is 3.37. The normalized spacial score (nSPS) is 19.5. The van der Waals surface area contributed by atoms with E-state index < -0.39 is 0 Å². The standard InChI is InChI=1S/C14H21N5/c1-11(2)17-9-12-4-3-7-19(10-12)14-16-6-5-13(8-15)18-14/h5-6,11-12,17H,3-4,7,9-10H2,1-2H3. The maximum Gasteiger partial charge on any atom is 0.226 e. The molecule has 1 unspecified atom stereocenters. The van der Waals surface area contributed by atoms with Crippen LogP contribution >= 0.6 is 0 Å². The number of nitriles is 1. The van der Waals surface area contributed by atoms with Gasteiger partial charge in [0.15, 0.2) is 0 Å². The number of hydrogen-bond acceptors (Lipinski definition) is 5. The molecule has 1 saturated heterocycles. The van der Waals surface area contributed by atoms with E-state index in [0.29, 0.717) is 23.6 Å². The molecule has 0 aliphatic carbocycles. The van der Waals surface area contributed by atoms with E-state index in [-0.39, 0.29) is 0 Å². The van der Waals surface area contributed by atoms with Crippen molar-refractivity contribution in [3.8, 4) is 6.07 Å². The average molecular weight is 259 g/mol. The molecule has 0 saturated carbocycles. The number of aromatic nitrogens is 2. The fourth-order valence-corrected chi connectivity index (χ4v) is 2.38. The smallest absolute Gasteiger partial charge is 0.226 e. The molecular weight excluding hydrogens is 238 g/mol. The van der Waals surface area contributed by atoms with E-state index in [2.05, 4.69) is 40.1 Å². The lowest BCUT2D eigenvalue weighted by Crippen LogP contribution is -2.41. The molecule has 2 heterocycles. The molecule has 5 heteroatoms. The number of nitrogens with one attached hydrogen (secondary N) is 1. The lowest BCUT2D eigenvalue weighted by Gasteiger charge is -2.33. The molecule has 1 aromatic rings. The van der Waals surface area contributed by atoms with E-state index in [9.17, 15) is 0 Å². The number of nitrogens with zero attached hydrogens (tertiary/aromatic N) is 4. The number of piperidine rings is 1. The molecule has 1 fully saturated rings. The van der Waals surface area contributed by atoms with E-state index in [1.54, 1.807) is 12.3 Å². The highest BCUT2D eigenvalue weighted by Crippen LogP contribution is 2.19. The number of hydrogen-bond donors (Lipinski definition) is 1. The molecule has 1 atom stereocenters. The molecule has 0 aromatic carbocycles. The molecule has 1 N–H and O–H groups in total. The average Bonchev–Trinajstić information content (AvgIpc) is 2.45. The van der Waals surface area contributed by atoms with Crippen LogP contribution in [-0.4, -0.2) is 35.6 Å². The first-order valence-corrected chi connectivity index (χ1v) is 6.90. The van der Waals surface area contributed by atoms with Crippen LogP contribution in [0, 0.1) is 17.2 Å². The van der Waals surface area contributed by atoms with Crippen molar-refractivity contribution in [3.05, 3.63) is 18.0 Å². The van der Waals surface area contributed by atoms with Crippen molar-refractivity contribution in [1.29, 1.82) is 5.26 Å². The van der Waals surface area contributed by atoms with Crippen molar-refractivity contribution >= 4 is 5.95 Å². The fourth-order valence-electron chi connectivity index (χ4n) is 2.38. The maximum atomic E-state index is 8.89. The minimum Gasteiger partial charge on any atom is -0.340 e. The Labute approximate surface area is 114 Å². The highest BCUT2D eigenvalue weighted by Gasteiger charge is 2.21. The molecule has 5 nitrogen and oxygen atoms in total. The van der Waals surface area contributed by atoms with Crippen LogP contribution in [0.15, 0.2) is 12.3 Å². The van der Waals surface area contributed by atoms with Gasteiger partial charge in [0.2, 0.25) is 5.95 Å². The fraction of sp³-hybridized carbons (Fsp3) is 0.643. The van der Waals surface area contributed by atoms with Crippen LogP contribution in [0.2, 0.25) is 0 Å². The molecule has 1 aromatic heterocycles. The van der Waals surface area contributed by atoms with Gasteiger partial charge in [-0.3, -0.25) is 0 Å². The van der Waals surface area contributed by atoms with Gasteiger partial charge in [0.25, 0.3) is 0 Å². The quantitative estimate of drug-likeness (QED) is 0.889. The van der Waals surface area contributed by atoms with Gasteiger partial charge in [-0.2, -0.15) is 5.26 Å². The van der Waals surface area contributed by atoms with Crippen LogP contribution in [0.4, 0.5) is 5.95 Å². The van der Waals surface area contributed by atoms with E-state index in [1.807, 2.05) is 0 Å². The monoisotopic (exact) mass is 259 g/mol. The summed E-state index contributed by atoms with van der Waals surface area (Å²) in [6.07, 6.45) is 4.07. The summed E-state index contributed by atoms with van der Waals surface area (Å²) in [7, 11) is 0. The van der Waals surface area contributed by atoms with Gasteiger partial charge in [0.1, 0.15) is 11.8 Å². The summed E-state index contributed by atoms with van der Waals surface area (Å²) in [5.41, 5.74) is 0.437. The highest BCUT2D eigenvalue weighted by molar-refractivity contribution is 5.34. The van der Waals surface area contributed by atoms with Gasteiger partial charge < -0.3 is 10.2 Å². The van der Waals surface area contributed by atoms with Crippen LogP contribution in [0.1, 0.15) is 32.4 Å². The van der Waals surface area contributed by atoms with Gasteiger partial charge in [-0.25, -0.2) is 9.97 Å². The minimum absolute atomic E-state index is 0.437. The summed E-state index contributed by atoms with van der Waals surface area (Å²) in [6, 6.07) is 4.23. The van der Waals surface area contributed by atoms with Crippen LogP contribution in [0.5, 0.6) is 0 Å². The molecule has 0 spiro atoms. The predicted molar refractivity (Wildman–Crippen MR) is 74.8 cm³/mol. The summed E-state index contributed by atoms with van der Waals surface area (Å²) in [5.74, 6) is 1.32. The van der Waals surface area contributed by atoms with Gasteiger partial charge in [-0.15, -0.1) is 0 Å². The Morgan fingerprint density at radius 3 is 3.16 bits per heavy atom. The van der Waals surface area contributed by atoms with Gasteiger partial charge in [0.05, 0.1) is 0 Å².